The molecule has 3 nitrogen and oxygen atoms in total. The van der Waals surface area contributed by atoms with Crippen molar-refractivity contribution in [2.75, 3.05) is 5.32 Å². The quantitative estimate of drug-likeness (QED) is 0.868. The molecule has 0 fully saturated rings. The molecule has 2 rings (SSSR count). The molecule has 1 unspecified atom stereocenters. The molecule has 0 radical (unpaired) electrons. The molecule has 100 valence electrons. The minimum absolute atomic E-state index is 0.0465. The second-order valence-corrected chi connectivity index (χ2v) is 5.33. The van der Waals surface area contributed by atoms with Gasteiger partial charge in [0.1, 0.15) is 5.76 Å². The summed E-state index contributed by atoms with van der Waals surface area (Å²) in [6.45, 7) is 2.02. The number of rotatable bonds is 6. The van der Waals surface area contributed by atoms with E-state index < -0.39 is 0 Å². The van der Waals surface area contributed by atoms with Gasteiger partial charge in [0.05, 0.1) is 17.3 Å². The van der Waals surface area contributed by atoms with Gasteiger partial charge in [-0.25, -0.2) is 0 Å². The number of carbonyl (C=O) groups is 1. The van der Waals surface area contributed by atoms with Gasteiger partial charge < -0.3 is 9.73 Å². The number of para-hydroxylation sites is 1. The fourth-order valence-electron chi connectivity index (χ4n) is 1.70. The van der Waals surface area contributed by atoms with Crippen molar-refractivity contribution < 1.29 is 9.21 Å². The summed E-state index contributed by atoms with van der Waals surface area (Å²) < 4.78 is 5.27. The molecule has 19 heavy (non-hydrogen) atoms. The van der Waals surface area contributed by atoms with Gasteiger partial charge in [0.25, 0.3) is 0 Å². The van der Waals surface area contributed by atoms with Crippen molar-refractivity contribution in [2.45, 2.75) is 24.3 Å². The van der Waals surface area contributed by atoms with Gasteiger partial charge in [0, 0.05) is 5.69 Å². The molecule has 1 aromatic carbocycles. The van der Waals surface area contributed by atoms with E-state index in [2.05, 4.69) is 5.32 Å². The SMILES string of the molecule is CCC(SCc1ccco1)C(=O)Nc1ccccc1. The summed E-state index contributed by atoms with van der Waals surface area (Å²) in [5, 5.41) is 2.87. The van der Waals surface area contributed by atoms with Crippen LogP contribution in [0.15, 0.2) is 53.1 Å². The Kier molecular flexibility index (Phi) is 5.10. The Morgan fingerprint density at radius 3 is 2.68 bits per heavy atom. The van der Waals surface area contributed by atoms with Crippen LogP contribution in [0.3, 0.4) is 0 Å². The lowest BCUT2D eigenvalue weighted by Crippen LogP contribution is -2.24. The zero-order chi connectivity index (χ0) is 13.5. The summed E-state index contributed by atoms with van der Waals surface area (Å²) in [6.07, 6.45) is 2.45. The number of furan rings is 1. The van der Waals surface area contributed by atoms with Gasteiger partial charge in [-0.05, 0) is 30.7 Å². The average Bonchev–Trinajstić information content (AvgIpc) is 2.94. The number of amides is 1. The van der Waals surface area contributed by atoms with Crippen LogP contribution in [0.4, 0.5) is 5.69 Å². The number of hydrogen-bond donors (Lipinski definition) is 1. The first-order valence-electron chi connectivity index (χ1n) is 6.29. The Morgan fingerprint density at radius 2 is 2.05 bits per heavy atom. The molecule has 4 heteroatoms. The van der Waals surface area contributed by atoms with Crippen LogP contribution in [0.25, 0.3) is 0 Å². The second-order valence-electron chi connectivity index (χ2n) is 4.14. The highest BCUT2D eigenvalue weighted by Gasteiger charge is 2.17. The molecule has 0 spiro atoms. The molecule has 1 aromatic heterocycles. The van der Waals surface area contributed by atoms with Crippen molar-refractivity contribution in [1.82, 2.24) is 0 Å². The Hall–Kier alpha value is -1.68. The first-order chi connectivity index (χ1) is 9.29. The van der Waals surface area contributed by atoms with Gasteiger partial charge in [-0.1, -0.05) is 25.1 Å². The van der Waals surface area contributed by atoms with Crippen molar-refractivity contribution in [3.63, 3.8) is 0 Å². The van der Waals surface area contributed by atoms with Crippen molar-refractivity contribution in [3.05, 3.63) is 54.5 Å². The van der Waals surface area contributed by atoms with Gasteiger partial charge in [-0.15, -0.1) is 11.8 Å². The molecule has 0 aliphatic rings. The molecule has 2 aromatic rings. The lowest BCUT2D eigenvalue weighted by atomic mass is 10.3. The Morgan fingerprint density at radius 1 is 1.26 bits per heavy atom. The van der Waals surface area contributed by atoms with Crippen LogP contribution >= 0.6 is 11.8 Å². The summed E-state index contributed by atoms with van der Waals surface area (Å²) in [6, 6.07) is 13.3. The van der Waals surface area contributed by atoms with Gasteiger partial charge in [-0.3, -0.25) is 4.79 Å². The molecule has 0 saturated heterocycles. The number of benzene rings is 1. The topological polar surface area (TPSA) is 42.2 Å². The monoisotopic (exact) mass is 275 g/mol. The fourth-order valence-corrected chi connectivity index (χ4v) is 2.68. The lowest BCUT2D eigenvalue weighted by Gasteiger charge is -2.14. The second kappa shape index (κ2) is 7.04. The van der Waals surface area contributed by atoms with Gasteiger partial charge >= 0.3 is 0 Å². The molecule has 0 aliphatic carbocycles. The van der Waals surface area contributed by atoms with E-state index in [1.54, 1.807) is 18.0 Å². The predicted molar refractivity (Wildman–Crippen MR) is 79.2 cm³/mol. The van der Waals surface area contributed by atoms with Crippen LogP contribution < -0.4 is 5.32 Å². The normalized spacial score (nSPS) is 12.1. The molecule has 1 N–H and O–H groups in total. The van der Waals surface area contributed by atoms with E-state index in [9.17, 15) is 4.79 Å². The Labute approximate surface area is 117 Å². The highest BCUT2D eigenvalue weighted by Crippen LogP contribution is 2.22. The first kappa shape index (κ1) is 13.7. The Balaban J connectivity index is 1.88. The predicted octanol–water partition coefficient (Wildman–Crippen LogP) is 3.93. The van der Waals surface area contributed by atoms with Gasteiger partial charge in [0.15, 0.2) is 0 Å². The molecule has 1 heterocycles. The van der Waals surface area contributed by atoms with Crippen LogP contribution in [0.2, 0.25) is 0 Å². The third-order valence-corrected chi connectivity index (χ3v) is 4.11. The maximum absolute atomic E-state index is 12.1. The van der Waals surface area contributed by atoms with Crippen LogP contribution in [0.5, 0.6) is 0 Å². The van der Waals surface area contributed by atoms with E-state index in [0.717, 1.165) is 17.9 Å². The van der Waals surface area contributed by atoms with Crippen molar-refractivity contribution in [2.24, 2.45) is 0 Å². The third kappa shape index (κ3) is 4.17. The summed E-state index contributed by atoms with van der Waals surface area (Å²) in [7, 11) is 0. The standard InChI is InChI=1S/C15H17NO2S/c1-2-14(19-11-13-9-6-10-18-13)15(17)16-12-7-4-3-5-8-12/h3-10,14H,2,11H2,1H3,(H,16,17). The molecular formula is C15H17NO2S. The van der Waals surface area contributed by atoms with Crippen LogP contribution in [0, 0.1) is 0 Å². The van der Waals surface area contributed by atoms with Crippen LogP contribution in [-0.4, -0.2) is 11.2 Å². The summed E-state index contributed by atoms with van der Waals surface area (Å²) in [5.41, 5.74) is 0.838. The van der Waals surface area contributed by atoms with Crippen molar-refractivity contribution >= 4 is 23.4 Å². The minimum atomic E-state index is -0.0645. The minimum Gasteiger partial charge on any atom is -0.468 e. The van der Waals surface area contributed by atoms with Crippen molar-refractivity contribution in [3.8, 4) is 0 Å². The molecule has 0 bridgehead atoms. The van der Waals surface area contributed by atoms with Crippen LogP contribution in [-0.2, 0) is 10.5 Å². The largest absolute Gasteiger partial charge is 0.468 e. The fraction of sp³-hybridized carbons (Fsp3) is 0.267. The highest BCUT2D eigenvalue weighted by molar-refractivity contribution is 7.99. The number of anilines is 1. The molecule has 0 aliphatic heterocycles. The third-order valence-electron chi connectivity index (χ3n) is 2.71. The zero-order valence-corrected chi connectivity index (χ0v) is 11.7. The first-order valence-corrected chi connectivity index (χ1v) is 7.34. The van der Waals surface area contributed by atoms with E-state index in [1.807, 2.05) is 49.4 Å². The van der Waals surface area contributed by atoms with E-state index >= 15 is 0 Å². The number of nitrogens with one attached hydrogen (secondary N) is 1. The van der Waals surface area contributed by atoms with Crippen molar-refractivity contribution in [1.29, 1.82) is 0 Å². The molecular weight excluding hydrogens is 258 g/mol. The smallest absolute Gasteiger partial charge is 0.237 e. The van der Waals surface area contributed by atoms with E-state index in [1.165, 1.54) is 0 Å². The summed E-state index contributed by atoms with van der Waals surface area (Å²) >= 11 is 1.60. The number of hydrogen-bond acceptors (Lipinski definition) is 3. The average molecular weight is 275 g/mol. The highest BCUT2D eigenvalue weighted by atomic mass is 32.2. The maximum Gasteiger partial charge on any atom is 0.237 e. The van der Waals surface area contributed by atoms with Crippen LogP contribution in [0.1, 0.15) is 19.1 Å². The summed E-state index contributed by atoms with van der Waals surface area (Å²) in [5.74, 6) is 1.66. The Bertz CT molecular complexity index is 496. The van der Waals surface area contributed by atoms with Gasteiger partial charge in [0.2, 0.25) is 5.91 Å². The molecule has 1 amide bonds. The van der Waals surface area contributed by atoms with E-state index in [4.69, 9.17) is 4.42 Å². The number of thioether (sulfide) groups is 1. The molecule has 1 atom stereocenters. The maximum atomic E-state index is 12.1. The molecule has 0 saturated carbocycles. The van der Waals surface area contributed by atoms with E-state index in [-0.39, 0.29) is 11.2 Å². The van der Waals surface area contributed by atoms with E-state index in [0.29, 0.717) is 5.75 Å². The van der Waals surface area contributed by atoms with Gasteiger partial charge in [-0.2, -0.15) is 0 Å². The zero-order valence-electron chi connectivity index (χ0n) is 10.8. The lowest BCUT2D eigenvalue weighted by molar-refractivity contribution is -0.115. The number of carbonyl (C=O) groups excluding carboxylic acids is 1. The summed E-state index contributed by atoms with van der Waals surface area (Å²) in [4.78, 5) is 12.1.